The lowest BCUT2D eigenvalue weighted by molar-refractivity contribution is -0.176. The van der Waals surface area contributed by atoms with Crippen LogP contribution in [0.25, 0.3) is 0 Å². The summed E-state index contributed by atoms with van der Waals surface area (Å²) >= 11 is 0. The first-order chi connectivity index (χ1) is 8.18. The zero-order valence-electron chi connectivity index (χ0n) is 10.1. The molecule has 1 N–H and O–H groups in total. The van der Waals surface area contributed by atoms with Crippen LogP contribution in [0.4, 0.5) is 0 Å². The number of aliphatic carboxylic acids is 1. The van der Waals surface area contributed by atoms with Crippen molar-refractivity contribution < 1.29 is 19.4 Å². The van der Waals surface area contributed by atoms with Crippen molar-refractivity contribution in [1.29, 1.82) is 0 Å². The summed E-state index contributed by atoms with van der Waals surface area (Å²) in [7, 11) is 0. The van der Waals surface area contributed by atoms with Crippen LogP contribution in [-0.4, -0.2) is 29.1 Å². The number of hydrogen-bond donors (Lipinski definition) is 1. The Hall–Kier alpha value is -0.900. The highest BCUT2D eigenvalue weighted by Gasteiger charge is 2.47. The number of ether oxygens (including phenoxy) is 1. The van der Waals surface area contributed by atoms with Crippen molar-refractivity contribution in [3.63, 3.8) is 0 Å². The van der Waals surface area contributed by atoms with Crippen molar-refractivity contribution in [3.8, 4) is 0 Å². The maximum Gasteiger partial charge on any atom is 0.309 e. The van der Waals surface area contributed by atoms with Gasteiger partial charge < -0.3 is 14.6 Å². The van der Waals surface area contributed by atoms with Crippen molar-refractivity contribution in [2.75, 3.05) is 0 Å². The van der Waals surface area contributed by atoms with Crippen LogP contribution >= 0.6 is 0 Å². The van der Waals surface area contributed by atoms with E-state index >= 15 is 0 Å². The maximum atomic E-state index is 11.4. The van der Waals surface area contributed by atoms with Gasteiger partial charge in [0.2, 0.25) is 0 Å². The van der Waals surface area contributed by atoms with Gasteiger partial charge in [0.05, 0.1) is 12.0 Å². The molecule has 0 aliphatic heterocycles. The fraction of sp³-hybridized carbons (Fsp3) is 0.846. The van der Waals surface area contributed by atoms with Crippen LogP contribution in [0.1, 0.15) is 51.4 Å². The lowest BCUT2D eigenvalue weighted by Gasteiger charge is -2.39. The van der Waals surface area contributed by atoms with Gasteiger partial charge >= 0.3 is 5.97 Å². The normalized spacial score (nSPS) is 34.7. The molecule has 0 amide bonds. The molecule has 0 spiro atoms. The van der Waals surface area contributed by atoms with Crippen molar-refractivity contribution >= 4 is 12.3 Å². The largest absolute Gasteiger partial charge is 0.481 e. The molecule has 17 heavy (non-hydrogen) atoms. The molecule has 2 saturated carbocycles. The Balaban J connectivity index is 2.13. The lowest BCUT2D eigenvalue weighted by Crippen LogP contribution is -2.50. The van der Waals surface area contributed by atoms with Gasteiger partial charge in [-0.05, 0) is 25.7 Å². The molecule has 2 rings (SSSR count). The van der Waals surface area contributed by atoms with E-state index in [-0.39, 0.29) is 6.10 Å². The van der Waals surface area contributed by atoms with Gasteiger partial charge in [-0.1, -0.05) is 25.7 Å². The van der Waals surface area contributed by atoms with Crippen LogP contribution in [0.3, 0.4) is 0 Å². The monoisotopic (exact) mass is 240 g/mol. The minimum absolute atomic E-state index is 0.0835. The molecule has 2 unspecified atom stereocenters. The van der Waals surface area contributed by atoms with E-state index < -0.39 is 17.5 Å². The van der Waals surface area contributed by atoms with Crippen LogP contribution < -0.4 is 0 Å². The second-order valence-corrected chi connectivity index (χ2v) is 5.23. The molecule has 0 radical (unpaired) electrons. The van der Waals surface area contributed by atoms with E-state index in [9.17, 15) is 14.7 Å². The molecule has 0 aromatic heterocycles. The minimum Gasteiger partial charge on any atom is -0.481 e. The van der Waals surface area contributed by atoms with Gasteiger partial charge in [-0.2, -0.15) is 0 Å². The number of aldehydes is 1. The van der Waals surface area contributed by atoms with E-state index in [0.717, 1.165) is 44.8 Å². The summed E-state index contributed by atoms with van der Waals surface area (Å²) in [5.41, 5.74) is -1.06. The third-order valence-electron chi connectivity index (χ3n) is 4.09. The predicted octanol–water partition coefficient (Wildman–Crippen LogP) is 2.16. The lowest BCUT2D eigenvalue weighted by atomic mass is 9.76. The highest BCUT2D eigenvalue weighted by atomic mass is 16.5. The summed E-state index contributed by atoms with van der Waals surface area (Å²) in [6.07, 6.45) is 7.88. The molecular formula is C13H20O4. The molecule has 0 saturated heterocycles. The maximum absolute atomic E-state index is 11.4. The zero-order chi connectivity index (χ0) is 12.3. The molecule has 0 heterocycles. The van der Waals surface area contributed by atoms with Crippen molar-refractivity contribution in [2.24, 2.45) is 5.92 Å². The molecule has 4 heteroatoms. The summed E-state index contributed by atoms with van der Waals surface area (Å²) in [5.74, 6) is -1.55. The molecule has 2 aliphatic carbocycles. The van der Waals surface area contributed by atoms with Crippen LogP contribution in [0, 0.1) is 5.92 Å². The number of carboxylic acid groups (broad SMARTS) is 1. The van der Waals surface area contributed by atoms with E-state index in [2.05, 4.69) is 0 Å². The Labute approximate surface area is 101 Å². The first-order valence-electron chi connectivity index (χ1n) is 6.55. The fourth-order valence-corrected chi connectivity index (χ4v) is 3.13. The first kappa shape index (κ1) is 12.6. The van der Waals surface area contributed by atoms with E-state index in [4.69, 9.17) is 4.74 Å². The summed E-state index contributed by atoms with van der Waals surface area (Å²) in [6.45, 7) is 0. The Morgan fingerprint density at radius 3 is 2.41 bits per heavy atom. The zero-order valence-corrected chi connectivity index (χ0v) is 10.1. The number of hydrogen-bond acceptors (Lipinski definition) is 3. The van der Waals surface area contributed by atoms with Gasteiger partial charge in [-0.15, -0.1) is 0 Å². The third-order valence-corrected chi connectivity index (χ3v) is 4.09. The van der Waals surface area contributed by atoms with Crippen LogP contribution in [-0.2, 0) is 14.3 Å². The summed E-state index contributed by atoms with van der Waals surface area (Å²) in [5, 5.41) is 9.24. The highest BCUT2D eigenvalue weighted by molar-refractivity contribution is 5.79. The molecule has 4 nitrogen and oxygen atoms in total. The average Bonchev–Trinajstić information content (AvgIpc) is 2.82. The molecule has 0 aromatic carbocycles. The van der Waals surface area contributed by atoms with E-state index in [1.54, 1.807) is 0 Å². The van der Waals surface area contributed by atoms with Crippen molar-refractivity contribution in [1.82, 2.24) is 0 Å². The predicted molar refractivity (Wildman–Crippen MR) is 61.7 cm³/mol. The Kier molecular flexibility index (Phi) is 3.82. The summed E-state index contributed by atoms with van der Waals surface area (Å²) < 4.78 is 5.91. The number of carboxylic acids is 1. The first-order valence-corrected chi connectivity index (χ1v) is 6.55. The van der Waals surface area contributed by atoms with E-state index in [1.165, 1.54) is 0 Å². The minimum atomic E-state index is -1.06. The van der Waals surface area contributed by atoms with Gasteiger partial charge in [0.25, 0.3) is 0 Å². The number of rotatable bonds is 4. The third kappa shape index (κ3) is 2.51. The Bertz CT molecular complexity index is 296. The van der Waals surface area contributed by atoms with Crippen molar-refractivity contribution in [3.05, 3.63) is 0 Å². The van der Waals surface area contributed by atoms with Crippen LogP contribution in [0.15, 0.2) is 0 Å². The van der Waals surface area contributed by atoms with Gasteiger partial charge in [0.15, 0.2) is 6.29 Å². The molecule has 2 atom stereocenters. The summed E-state index contributed by atoms with van der Waals surface area (Å²) in [6, 6.07) is 0. The van der Waals surface area contributed by atoms with Gasteiger partial charge in [0, 0.05) is 0 Å². The second kappa shape index (κ2) is 5.17. The fourth-order valence-electron chi connectivity index (χ4n) is 3.13. The second-order valence-electron chi connectivity index (χ2n) is 5.23. The van der Waals surface area contributed by atoms with Crippen molar-refractivity contribution in [2.45, 2.75) is 63.1 Å². The molecule has 0 bridgehead atoms. The topological polar surface area (TPSA) is 63.6 Å². The van der Waals surface area contributed by atoms with Gasteiger partial charge in [-0.25, -0.2) is 0 Å². The smallest absolute Gasteiger partial charge is 0.309 e. The molecule has 96 valence electrons. The number of carbonyl (C=O) groups is 2. The summed E-state index contributed by atoms with van der Waals surface area (Å²) in [4.78, 5) is 22.7. The van der Waals surface area contributed by atoms with Crippen LogP contribution in [0.2, 0.25) is 0 Å². The average molecular weight is 240 g/mol. The number of carbonyl (C=O) groups excluding carboxylic acids is 1. The van der Waals surface area contributed by atoms with E-state index in [0.29, 0.717) is 12.8 Å². The standard InChI is InChI=1S/C13H20O4/c14-9-13(17-10-5-1-2-6-10)8-4-3-7-11(13)12(15)16/h9-11H,1-8H2,(H,15,16). The molecule has 2 fully saturated rings. The van der Waals surface area contributed by atoms with Gasteiger partial charge in [-0.3, -0.25) is 4.79 Å². The highest BCUT2D eigenvalue weighted by Crippen LogP contribution is 2.39. The van der Waals surface area contributed by atoms with E-state index in [1.807, 2.05) is 0 Å². The molecule has 2 aliphatic rings. The van der Waals surface area contributed by atoms with Crippen LogP contribution in [0.5, 0.6) is 0 Å². The molecular weight excluding hydrogens is 220 g/mol. The Morgan fingerprint density at radius 2 is 1.82 bits per heavy atom. The Morgan fingerprint density at radius 1 is 1.18 bits per heavy atom. The SMILES string of the molecule is O=CC1(OC2CCCC2)CCCCC1C(=O)O. The quantitative estimate of drug-likeness (QED) is 0.765. The molecule has 0 aromatic rings. The van der Waals surface area contributed by atoms with Gasteiger partial charge in [0.1, 0.15) is 5.60 Å².